The van der Waals surface area contributed by atoms with E-state index in [2.05, 4.69) is 4.98 Å². The second kappa shape index (κ2) is 5.77. The van der Waals surface area contributed by atoms with Crippen molar-refractivity contribution in [2.24, 2.45) is 0 Å². The minimum Gasteiger partial charge on any atom is -0.439 e. The Kier molecular flexibility index (Phi) is 3.87. The van der Waals surface area contributed by atoms with E-state index in [0.717, 1.165) is 17.3 Å². The summed E-state index contributed by atoms with van der Waals surface area (Å²) in [6, 6.07) is 10.7. The van der Waals surface area contributed by atoms with Crippen LogP contribution < -0.4 is 4.74 Å². The number of benzene rings is 1. The molecular weight excluding hydrogens is 244 g/mol. The average Bonchev–Trinajstić information content (AvgIpc) is 2.40. The third kappa shape index (κ3) is 3.92. The Morgan fingerprint density at radius 1 is 1.21 bits per heavy atom. The van der Waals surface area contributed by atoms with E-state index >= 15 is 0 Å². The fraction of sp³-hybridized carbons (Fsp3) is 0.0714. The molecule has 0 fully saturated rings. The predicted molar refractivity (Wildman–Crippen MR) is 71.5 cm³/mol. The van der Waals surface area contributed by atoms with Gasteiger partial charge in [-0.3, -0.25) is 10.1 Å². The zero-order chi connectivity index (χ0) is 13.7. The number of aromatic nitrogens is 1. The molecule has 19 heavy (non-hydrogen) atoms. The summed E-state index contributed by atoms with van der Waals surface area (Å²) in [5.41, 5.74) is 1.80. The van der Waals surface area contributed by atoms with E-state index in [0.29, 0.717) is 11.6 Å². The van der Waals surface area contributed by atoms with Crippen molar-refractivity contribution in [3.8, 4) is 11.6 Å². The maximum absolute atomic E-state index is 10.2. The number of hydrogen-bond donors (Lipinski definition) is 0. The zero-order valence-electron chi connectivity index (χ0n) is 10.3. The van der Waals surface area contributed by atoms with E-state index < -0.39 is 4.92 Å². The first-order chi connectivity index (χ1) is 9.13. The minimum absolute atomic E-state index is 0.499. The van der Waals surface area contributed by atoms with Crippen LogP contribution in [-0.2, 0) is 0 Å². The molecule has 5 nitrogen and oxygen atoms in total. The molecule has 1 heterocycles. The Bertz CT molecular complexity index is 589. The third-order valence-corrected chi connectivity index (χ3v) is 2.38. The lowest BCUT2D eigenvalue weighted by molar-refractivity contribution is -0.400. The molecule has 5 heteroatoms. The van der Waals surface area contributed by atoms with Gasteiger partial charge in [0.2, 0.25) is 12.1 Å². The number of nitrogens with zero attached hydrogens (tertiary/aromatic N) is 2. The van der Waals surface area contributed by atoms with Gasteiger partial charge in [0.1, 0.15) is 5.75 Å². The first-order valence-corrected chi connectivity index (χ1v) is 5.66. The van der Waals surface area contributed by atoms with Gasteiger partial charge < -0.3 is 4.74 Å². The lowest BCUT2D eigenvalue weighted by atomic mass is 10.2. The van der Waals surface area contributed by atoms with Crippen LogP contribution in [0.4, 0.5) is 0 Å². The van der Waals surface area contributed by atoms with E-state index in [1.807, 2.05) is 13.0 Å². The summed E-state index contributed by atoms with van der Waals surface area (Å²) >= 11 is 0. The van der Waals surface area contributed by atoms with Crippen LogP contribution in [-0.4, -0.2) is 9.91 Å². The molecule has 0 aliphatic heterocycles. The number of nitro groups is 1. The van der Waals surface area contributed by atoms with Crippen LogP contribution in [0, 0.1) is 17.0 Å². The Hall–Kier alpha value is -2.69. The molecule has 0 spiro atoms. The van der Waals surface area contributed by atoms with Gasteiger partial charge in [0, 0.05) is 18.3 Å². The van der Waals surface area contributed by atoms with Gasteiger partial charge >= 0.3 is 0 Å². The summed E-state index contributed by atoms with van der Waals surface area (Å²) in [7, 11) is 0. The van der Waals surface area contributed by atoms with Crippen molar-refractivity contribution in [3.63, 3.8) is 0 Å². The molecule has 96 valence electrons. The maximum atomic E-state index is 10.2. The first kappa shape index (κ1) is 12.8. The number of aryl methyl sites for hydroxylation is 1. The van der Waals surface area contributed by atoms with Crippen LogP contribution in [0.2, 0.25) is 0 Å². The highest BCUT2D eigenvalue weighted by Gasteiger charge is 1.98. The second-order valence-corrected chi connectivity index (χ2v) is 3.95. The highest BCUT2D eigenvalue weighted by molar-refractivity contribution is 5.49. The standard InChI is InChI=1S/C14H12N2O3/c1-11-2-7-14(15-10-11)19-13-5-3-12(4-6-13)8-9-16(17)18/h2-10H,1H3/b9-8+. The molecule has 0 saturated heterocycles. The Balaban J connectivity index is 2.06. The summed E-state index contributed by atoms with van der Waals surface area (Å²) in [5, 5.41) is 10.2. The van der Waals surface area contributed by atoms with Crippen LogP contribution in [0.25, 0.3) is 6.08 Å². The SMILES string of the molecule is Cc1ccc(Oc2ccc(/C=C/[N+](=O)[O-])cc2)nc1. The largest absolute Gasteiger partial charge is 0.439 e. The lowest BCUT2D eigenvalue weighted by Gasteiger charge is -2.04. The normalized spacial score (nSPS) is 10.6. The van der Waals surface area contributed by atoms with Crippen molar-refractivity contribution in [1.82, 2.24) is 4.98 Å². The van der Waals surface area contributed by atoms with Crippen molar-refractivity contribution in [1.29, 1.82) is 0 Å². The fourth-order valence-corrected chi connectivity index (χ4v) is 1.43. The fourth-order valence-electron chi connectivity index (χ4n) is 1.43. The maximum Gasteiger partial charge on any atom is 0.235 e. The van der Waals surface area contributed by atoms with E-state index in [1.165, 1.54) is 6.08 Å². The molecule has 0 amide bonds. The topological polar surface area (TPSA) is 65.3 Å². The second-order valence-electron chi connectivity index (χ2n) is 3.95. The van der Waals surface area contributed by atoms with Crippen molar-refractivity contribution in [2.45, 2.75) is 6.92 Å². The molecule has 2 aromatic rings. The molecule has 0 saturated carbocycles. The molecule has 0 N–H and O–H groups in total. The van der Waals surface area contributed by atoms with Gasteiger partial charge in [0.05, 0.1) is 4.92 Å². The summed E-state index contributed by atoms with van der Waals surface area (Å²) < 4.78 is 5.54. The summed E-state index contributed by atoms with van der Waals surface area (Å²) in [6.07, 6.45) is 4.05. The first-order valence-electron chi connectivity index (χ1n) is 5.66. The average molecular weight is 256 g/mol. The molecule has 0 bridgehead atoms. The number of pyridine rings is 1. The van der Waals surface area contributed by atoms with Crippen molar-refractivity contribution >= 4 is 6.08 Å². The Labute approximate surface area is 110 Å². The van der Waals surface area contributed by atoms with Gasteiger partial charge in [0.15, 0.2) is 0 Å². The van der Waals surface area contributed by atoms with Gasteiger partial charge in [-0.15, -0.1) is 0 Å². The number of ether oxygens (including phenoxy) is 1. The molecule has 0 atom stereocenters. The molecule has 2 rings (SSSR count). The minimum atomic E-state index is -0.499. The molecule has 1 aromatic carbocycles. The molecule has 0 unspecified atom stereocenters. The zero-order valence-corrected chi connectivity index (χ0v) is 10.3. The monoisotopic (exact) mass is 256 g/mol. The predicted octanol–water partition coefficient (Wildman–Crippen LogP) is 3.43. The molecular formula is C14H12N2O3. The molecule has 0 aliphatic carbocycles. The summed E-state index contributed by atoms with van der Waals surface area (Å²) in [5.74, 6) is 1.15. The Morgan fingerprint density at radius 2 is 1.95 bits per heavy atom. The van der Waals surface area contributed by atoms with E-state index in [1.54, 1.807) is 36.5 Å². The van der Waals surface area contributed by atoms with Crippen LogP contribution in [0.15, 0.2) is 48.8 Å². The third-order valence-electron chi connectivity index (χ3n) is 2.38. The summed E-state index contributed by atoms with van der Waals surface area (Å²) in [4.78, 5) is 13.8. The summed E-state index contributed by atoms with van der Waals surface area (Å²) in [6.45, 7) is 1.95. The van der Waals surface area contributed by atoms with Gasteiger partial charge in [-0.2, -0.15) is 0 Å². The van der Waals surface area contributed by atoms with E-state index in [4.69, 9.17) is 4.74 Å². The highest BCUT2D eigenvalue weighted by Crippen LogP contribution is 2.20. The van der Waals surface area contributed by atoms with Crippen molar-refractivity contribution in [2.75, 3.05) is 0 Å². The smallest absolute Gasteiger partial charge is 0.235 e. The molecule has 0 radical (unpaired) electrons. The van der Waals surface area contributed by atoms with Gasteiger partial charge in [0.25, 0.3) is 0 Å². The van der Waals surface area contributed by atoms with Crippen LogP contribution in [0.3, 0.4) is 0 Å². The van der Waals surface area contributed by atoms with Crippen molar-refractivity contribution in [3.05, 3.63) is 70.0 Å². The van der Waals surface area contributed by atoms with Gasteiger partial charge in [-0.1, -0.05) is 18.2 Å². The quantitative estimate of drug-likeness (QED) is 0.621. The molecule has 1 aromatic heterocycles. The van der Waals surface area contributed by atoms with Crippen LogP contribution >= 0.6 is 0 Å². The van der Waals surface area contributed by atoms with E-state index in [9.17, 15) is 10.1 Å². The van der Waals surface area contributed by atoms with Crippen LogP contribution in [0.1, 0.15) is 11.1 Å². The number of hydrogen-bond acceptors (Lipinski definition) is 4. The Morgan fingerprint density at radius 3 is 2.53 bits per heavy atom. The lowest BCUT2D eigenvalue weighted by Crippen LogP contribution is -1.88. The van der Waals surface area contributed by atoms with Gasteiger partial charge in [-0.25, -0.2) is 4.98 Å². The number of rotatable bonds is 4. The van der Waals surface area contributed by atoms with Gasteiger partial charge in [-0.05, 0) is 30.2 Å². The van der Waals surface area contributed by atoms with E-state index in [-0.39, 0.29) is 0 Å². The molecule has 0 aliphatic rings. The highest BCUT2D eigenvalue weighted by atomic mass is 16.6. The van der Waals surface area contributed by atoms with Crippen molar-refractivity contribution < 1.29 is 9.66 Å². The van der Waals surface area contributed by atoms with Crippen LogP contribution in [0.5, 0.6) is 11.6 Å².